The molecule has 0 aromatic heterocycles. The predicted octanol–water partition coefficient (Wildman–Crippen LogP) is 0.941. The van der Waals surface area contributed by atoms with Gasteiger partial charge in [0.2, 0.25) is 5.79 Å². The summed E-state index contributed by atoms with van der Waals surface area (Å²) in [7, 11) is 1.54. The number of amides is 1. The maximum Gasteiger partial charge on any atom is 0.329 e. The number of aliphatic hydroxyl groups excluding tert-OH is 1. The third-order valence-electron chi connectivity index (χ3n) is 7.08. The lowest BCUT2D eigenvalue weighted by atomic mass is 9.88. The summed E-state index contributed by atoms with van der Waals surface area (Å²) >= 11 is 0. The highest BCUT2D eigenvalue weighted by atomic mass is 16.6. The molecule has 1 aliphatic carbocycles. The van der Waals surface area contributed by atoms with Crippen molar-refractivity contribution in [1.82, 2.24) is 4.90 Å². The van der Waals surface area contributed by atoms with Crippen LogP contribution in [0.25, 0.3) is 0 Å². The van der Waals surface area contributed by atoms with Gasteiger partial charge in [0.15, 0.2) is 0 Å². The number of likely N-dealkylation sites (tertiary alicyclic amines) is 1. The van der Waals surface area contributed by atoms with Crippen LogP contribution in [0.5, 0.6) is 0 Å². The van der Waals surface area contributed by atoms with Crippen molar-refractivity contribution in [2.45, 2.75) is 95.2 Å². The molecule has 2 fully saturated rings. The molecule has 0 aromatic rings. The fraction of sp³-hybridized carbons (Fsp3) is 0.720. The molecule has 2 aliphatic heterocycles. The second kappa shape index (κ2) is 11.7. The fourth-order valence-electron chi connectivity index (χ4n) is 4.80. The van der Waals surface area contributed by atoms with Crippen LogP contribution in [-0.2, 0) is 28.6 Å². The largest absolute Gasteiger partial charge is 0.457 e. The maximum atomic E-state index is 13.1. The number of esters is 1. The highest BCUT2D eigenvalue weighted by molar-refractivity contribution is 6.39. The Morgan fingerprint density at radius 2 is 2.00 bits per heavy atom. The Balaban J connectivity index is 1.65. The smallest absolute Gasteiger partial charge is 0.329 e. The lowest BCUT2D eigenvalue weighted by Gasteiger charge is -2.41. The summed E-state index contributed by atoms with van der Waals surface area (Å²) in [6, 6.07) is -0.922. The number of piperidine rings is 1. The highest BCUT2D eigenvalue weighted by Gasteiger charge is 2.52. The van der Waals surface area contributed by atoms with Gasteiger partial charge in [0, 0.05) is 19.6 Å². The van der Waals surface area contributed by atoms with Crippen LogP contribution in [0.15, 0.2) is 23.8 Å². The molecule has 0 aromatic carbocycles. The van der Waals surface area contributed by atoms with Crippen molar-refractivity contribution in [3.8, 4) is 0 Å². The number of methoxy groups -OCH3 is 1. The highest BCUT2D eigenvalue weighted by Crippen LogP contribution is 2.33. The lowest BCUT2D eigenvalue weighted by Crippen LogP contribution is -2.61. The number of ketones is 1. The van der Waals surface area contributed by atoms with Crippen molar-refractivity contribution in [3.05, 3.63) is 23.8 Å². The van der Waals surface area contributed by atoms with Crippen LogP contribution in [0.3, 0.4) is 0 Å². The normalized spacial score (nSPS) is 34.9. The lowest BCUT2D eigenvalue weighted by molar-refractivity contribution is -0.261. The molecule has 3 aliphatic rings. The molecule has 2 heterocycles. The van der Waals surface area contributed by atoms with Gasteiger partial charge in [0.25, 0.3) is 11.7 Å². The van der Waals surface area contributed by atoms with Crippen molar-refractivity contribution >= 4 is 17.7 Å². The van der Waals surface area contributed by atoms with Crippen molar-refractivity contribution in [1.29, 1.82) is 0 Å². The molecular formula is C25H38N2O8. The molecule has 10 heteroatoms. The first-order valence-corrected chi connectivity index (χ1v) is 12.4. The van der Waals surface area contributed by atoms with E-state index in [0.29, 0.717) is 44.9 Å². The number of nitrogens with zero attached hydrogens (tertiary/aromatic N) is 1. The number of carbonyl (C=O) groups is 3. The minimum Gasteiger partial charge on any atom is -0.457 e. The Labute approximate surface area is 206 Å². The van der Waals surface area contributed by atoms with E-state index in [-0.39, 0.29) is 12.6 Å². The van der Waals surface area contributed by atoms with Gasteiger partial charge in [-0.05, 0) is 63.5 Å². The summed E-state index contributed by atoms with van der Waals surface area (Å²) < 4.78 is 16.1. The molecule has 0 bridgehead atoms. The van der Waals surface area contributed by atoms with E-state index < -0.39 is 53.8 Å². The average Bonchev–Trinajstić information content (AvgIpc) is 2.85. The number of Topliss-reactive ketones (excluding diaryl/α,β-unsaturated/α-hetero) is 1. The van der Waals surface area contributed by atoms with E-state index in [2.05, 4.69) is 0 Å². The molecule has 35 heavy (non-hydrogen) atoms. The molecule has 7 unspecified atom stereocenters. The van der Waals surface area contributed by atoms with Gasteiger partial charge in [0.1, 0.15) is 24.5 Å². The number of nitrogens with two attached hydrogens (primary N) is 1. The van der Waals surface area contributed by atoms with Gasteiger partial charge < -0.3 is 35.1 Å². The molecule has 2 saturated heterocycles. The minimum absolute atomic E-state index is 0.207. The zero-order valence-electron chi connectivity index (χ0n) is 20.7. The van der Waals surface area contributed by atoms with Gasteiger partial charge in [-0.1, -0.05) is 19.1 Å². The number of hydrogen-bond acceptors (Lipinski definition) is 9. The molecule has 196 valence electrons. The van der Waals surface area contributed by atoms with E-state index >= 15 is 0 Å². The molecule has 7 atom stereocenters. The second-order valence-electron chi connectivity index (χ2n) is 9.72. The van der Waals surface area contributed by atoms with Crippen molar-refractivity contribution in [2.24, 2.45) is 11.7 Å². The number of ether oxygens (including phenoxy) is 3. The SMILES string of the molecule is COC1C=C(/C=C/C(C)OC(=O)C2CCCCN2C(=O)C(=O)C2(O)OC(N)CCC2C)CCC1O. The van der Waals surface area contributed by atoms with Crippen molar-refractivity contribution in [3.63, 3.8) is 0 Å². The van der Waals surface area contributed by atoms with E-state index in [1.165, 1.54) is 12.0 Å². The number of aliphatic hydroxyl groups is 2. The topological polar surface area (TPSA) is 149 Å². The summed E-state index contributed by atoms with van der Waals surface area (Å²) in [4.78, 5) is 40.3. The van der Waals surface area contributed by atoms with Crippen LogP contribution >= 0.6 is 0 Å². The van der Waals surface area contributed by atoms with Crippen molar-refractivity contribution < 1.29 is 38.8 Å². The molecule has 4 N–H and O–H groups in total. The fourth-order valence-corrected chi connectivity index (χ4v) is 4.80. The van der Waals surface area contributed by atoms with Gasteiger partial charge in [-0.15, -0.1) is 0 Å². The molecule has 1 amide bonds. The van der Waals surface area contributed by atoms with E-state index in [4.69, 9.17) is 19.9 Å². The number of carbonyl (C=O) groups excluding carboxylic acids is 3. The van der Waals surface area contributed by atoms with Gasteiger partial charge in [0.05, 0.1) is 6.10 Å². The minimum atomic E-state index is -2.31. The van der Waals surface area contributed by atoms with Crippen LogP contribution in [0.2, 0.25) is 0 Å². The van der Waals surface area contributed by atoms with Crippen LogP contribution in [0, 0.1) is 5.92 Å². The standard InChI is InChI=1S/C25H38N2O8/c1-15-7-12-21(26)35-25(15,32)22(29)23(30)27-13-5-4-6-18(27)24(31)34-16(2)8-9-17-10-11-19(28)20(14-17)33-3/h8-9,14-16,18-21,28,32H,4-7,10-13,26H2,1-3H3/b9-8+. The molecule has 10 nitrogen and oxygen atoms in total. The maximum absolute atomic E-state index is 13.1. The first-order chi connectivity index (χ1) is 16.6. The quantitative estimate of drug-likeness (QED) is 0.347. The van der Waals surface area contributed by atoms with E-state index in [0.717, 1.165) is 5.57 Å². The molecule has 3 rings (SSSR count). The van der Waals surface area contributed by atoms with Crippen LogP contribution in [0.1, 0.15) is 58.8 Å². The summed E-state index contributed by atoms with van der Waals surface area (Å²) in [6.45, 7) is 3.55. The monoisotopic (exact) mass is 494 g/mol. The zero-order valence-corrected chi connectivity index (χ0v) is 20.7. The van der Waals surface area contributed by atoms with Gasteiger partial charge >= 0.3 is 5.97 Å². The number of rotatable bonds is 7. The Hall–Kier alpha value is -2.11. The molecular weight excluding hydrogens is 456 g/mol. The first kappa shape index (κ1) is 27.5. The van der Waals surface area contributed by atoms with Crippen LogP contribution in [0.4, 0.5) is 0 Å². The van der Waals surface area contributed by atoms with E-state index in [1.807, 2.05) is 12.2 Å². The summed E-state index contributed by atoms with van der Waals surface area (Å²) in [5.74, 6) is -5.58. The Kier molecular flexibility index (Phi) is 9.22. The summed E-state index contributed by atoms with van der Waals surface area (Å²) in [6.07, 6.45) is 6.95. The average molecular weight is 495 g/mol. The molecule has 0 saturated carbocycles. The van der Waals surface area contributed by atoms with Crippen LogP contribution in [-0.4, -0.2) is 82.8 Å². The third-order valence-corrected chi connectivity index (χ3v) is 7.08. The molecule has 0 radical (unpaired) electrons. The molecule has 0 spiro atoms. The zero-order chi connectivity index (χ0) is 25.8. The third kappa shape index (κ3) is 6.37. The summed E-state index contributed by atoms with van der Waals surface area (Å²) in [5, 5.41) is 20.8. The van der Waals surface area contributed by atoms with Gasteiger partial charge in [-0.25, -0.2) is 4.79 Å². The predicted molar refractivity (Wildman–Crippen MR) is 126 cm³/mol. The summed E-state index contributed by atoms with van der Waals surface area (Å²) in [5.41, 5.74) is 6.73. The Morgan fingerprint density at radius 3 is 2.71 bits per heavy atom. The van der Waals surface area contributed by atoms with E-state index in [9.17, 15) is 24.6 Å². The van der Waals surface area contributed by atoms with E-state index in [1.54, 1.807) is 19.9 Å². The second-order valence-corrected chi connectivity index (χ2v) is 9.72. The van der Waals surface area contributed by atoms with Crippen LogP contribution < -0.4 is 5.73 Å². The van der Waals surface area contributed by atoms with Gasteiger partial charge in [-0.3, -0.25) is 9.59 Å². The Bertz CT molecular complexity index is 858. The van der Waals surface area contributed by atoms with Gasteiger partial charge in [-0.2, -0.15) is 0 Å². The van der Waals surface area contributed by atoms with Crippen molar-refractivity contribution in [2.75, 3.05) is 13.7 Å². The number of hydrogen-bond donors (Lipinski definition) is 3. The first-order valence-electron chi connectivity index (χ1n) is 12.4. The number of allylic oxidation sites excluding steroid dienone is 2. The Morgan fingerprint density at radius 1 is 1.26 bits per heavy atom.